The van der Waals surface area contributed by atoms with Crippen LogP contribution in [-0.4, -0.2) is 22.3 Å². The highest BCUT2D eigenvalue weighted by molar-refractivity contribution is 5.99. The van der Waals surface area contributed by atoms with Crippen LogP contribution >= 0.6 is 0 Å². The van der Waals surface area contributed by atoms with Crippen LogP contribution in [0.5, 0.6) is 0 Å². The molecule has 1 amide bonds. The lowest BCUT2D eigenvalue weighted by molar-refractivity contribution is 0.0365. The van der Waals surface area contributed by atoms with Crippen LogP contribution in [0.1, 0.15) is 22.8 Å². The van der Waals surface area contributed by atoms with E-state index in [2.05, 4.69) is 10.6 Å². The number of hydrogen-bond acceptors (Lipinski definition) is 3. The number of carbonyl (C=O) groups excluding carboxylic acids is 1. The van der Waals surface area contributed by atoms with Gasteiger partial charge in [0.1, 0.15) is 11.5 Å². The molecular weight excluding hydrogens is 321 g/mol. The molecule has 0 saturated heterocycles. The molecule has 3 rings (SSSR count). The molecule has 0 aliphatic heterocycles. The third-order valence-electron chi connectivity index (χ3n) is 3.68. The Bertz CT molecular complexity index is 871. The quantitative estimate of drug-likeness (QED) is 0.722. The van der Waals surface area contributed by atoms with Gasteiger partial charge in [-0.3, -0.25) is 9.63 Å². The van der Waals surface area contributed by atoms with E-state index in [-0.39, 0.29) is 11.7 Å². The second kappa shape index (κ2) is 7.27. The molecule has 0 fully saturated rings. The van der Waals surface area contributed by atoms with E-state index in [1.165, 1.54) is 12.1 Å². The zero-order valence-corrected chi connectivity index (χ0v) is 14.0. The fourth-order valence-corrected chi connectivity index (χ4v) is 2.38. The van der Waals surface area contributed by atoms with Crippen molar-refractivity contribution >= 4 is 5.91 Å². The molecule has 1 N–H and O–H groups in total. The molecule has 2 aromatic carbocycles. The van der Waals surface area contributed by atoms with Crippen molar-refractivity contribution < 1.29 is 14.0 Å². The van der Waals surface area contributed by atoms with Gasteiger partial charge in [0.25, 0.3) is 5.91 Å². The maximum Gasteiger partial charge on any atom is 0.278 e. The predicted molar refractivity (Wildman–Crippen MR) is 92.8 cm³/mol. The number of aromatic nitrogens is 2. The zero-order chi connectivity index (χ0) is 17.8. The third kappa shape index (κ3) is 3.75. The SMILES string of the molecule is CCONC(=O)c1cn(-c2ccc(F)cc2)nc1-c1ccc(C)cc1. The Labute approximate surface area is 145 Å². The monoisotopic (exact) mass is 339 g/mol. The van der Waals surface area contributed by atoms with E-state index in [4.69, 9.17) is 4.84 Å². The molecule has 1 aromatic heterocycles. The summed E-state index contributed by atoms with van der Waals surface area (Å²) in [7, 11) is 0. The summed E-state index contributed by atoms with van der Waals surface area (Å²) < 4.78 is 14.7. The standard InChI is InChI=1S/C19H18FN3O2/c1-3-25-22-19(24)17-12-23(16-10-8-15(20)9-11-16)21-18(17)14-6-4-13(2)5-7-14/h4-12H,3H2,1-2H3,(H,22,24). The van der Waals surface area contributed by atoms with Crippen molar-refractivity contribution in [3.63, 3.8) is 0 Å². The predicted octanol–water partition coefficient (Wildman–Crippen LogP) is 3.67. The van der Waals surface area contributed by atoms with E-state index >= 15 is 0 Å². The summed E-state index contributed by atoms with van der Waals surface area (Å²) in [5, 5.41) is 4.52. The van der Waals surface area contributed by atoms with Gasteiger partial charge in [-0.05, 0) is 38.1 Å². The molecule has 0 bridgehead atoms. The number of rotatable bonds is 5. The minimum atomic E-state index is -0.384. The Morgan fingerprint density at radius 2 is 1.84 bits per heavy atom. The number of nitrogens with one attached hydrogen (secondary N) is 1. The molecule has 0 unspecified atom stereocenters. The van der Waals surface area contributed by atoms with Crippen LogP contribution in [-0.2, 0) is 4.84 Å². The maximum absolute atomic E-state index is 13.1. The summed E-state index contributed by atoms with van der Waals surface area (Å²) in [6, 6.07) is 13.6. The first-order chi connectivity index (χ1) is 12.1. The average molecular weight is 339 g/mol. The minimum Gasteiger partial charge on any atom is -0.274 e. The van der Waals surface area contributed by atoms with Gasteiger partial charge in [-0.25, -0.2) is 14.6 Å². The summed E-state index contributed by atoms with van der Waals surface area (Å²) in [5.74, 6) is -0.713. The topological polar surface area (TPSA) is 56.1 Å². The van der Waals surface area contributed by atoms with Crippen molar-refractivity contribution in [2.24, 2.45) is 0 Å². The summed E-state index contributed by atoms with van der Waals surface area (Å²) >= 11 is 0. The Hall–Kier alpha value is -2.99. The van der Waals surface area contributed by atoms with E-state index in [1.807, 2.05) is 31.2 Å². The summed E-state index contributed by atoms with van der Waals surface area (Å²) in [6.45, 7) is 4.13. The van der Waals surface area contributed by atoms with E-state index in [0.717, 1.165) is 11.1 Å². The lowest BCUT2D eigenvalue weighted by atomic mass is 10.1. The van der Waals surface area contributed by atoms with Crippen LogP contribution in [0.4, 0.5) is 4.39 Å². The molecule has 0 radical (unpaired) electrons. The van der Waals surface area contributed by atoms with Gasteiger partial charge in [0.2, 0.25) is 0 Å². The lowest BCUT2D eigenvalue weighted by Crippen LogP contribution is -2.23. The Morgan fingerprint density at radius 1 is 1.16 bits per heavy atom. The smallest absolute Gasteiger partial charge is 0.274 e. The van der Waals surface area contributed by atoms with Gasteiger partial charge in [0.15, 0.2) is 0 Å². The third-order valence-corrected chi connectivity index (χ3v) is 3.68. The number of aryl methyl sites for hydroxylation is 1. The van der Waals surface area contributed by atoms with Crippen LogP contribution in [0.2, 0.25) is 0 Å². The highest BCUT2D eigenvalue weighted by Crippen LogP contribution is 2.24. The number of benzene rings is 2. The number of amides is 1. The summed E-state index contributed by atoms with van der Waals surface area (Å²) in [6.07, 6.45) is 1.61. The largest absolute Gasteiger partial charge is 0.278 e. The molecule has 0 aliphatic rings. The second-order valence-corrected chi connectivity index (χ2v) is 5.54. The van der Waals surface area contributed by atoms with E-state index in [0.29, 0.717) is 23.6 Å². The Kier molecular flexibility index (Phi) is 4.90. The molecule has 0 aliphatic carbocycles. The number of hydroxylamine groups is 1. The fraction of sp³-hybridized carbons (Fsp3) is 0.158. The minimum absolute atomic E-state index is 0.330. The highest BCUT2D eigenvalue weighted by Gasteiger charge is 2.18. The number of hydrogen-bond donors (Lipinski definition) is 1. The summed E-state index contributed by atoms with van der Waals surface area (Å²) in [4.78, 5) is 17.4. The molecule has 5 nitrogen and oxygen atoms in total. The van der Waals surface area contributed by atoms with E-state index in [9.17, 15) is 9.18 Å². The lowest BCUT2D eigenvalue weighted by Gasteiger charge is -2.04. The van der Waals surface area contributed by atoms with Gasteiger partial charge >= 0.3 is 0 Å². The molecule has 0 atom stereocenters. The molecule has 25 heavy (non-hydrogen) atoms. The van der Waals surface area contributed by atoms with Gasteiger partial charge in [-0.1, -0.05) is 29.8 Å². The molecule has 0 spiro atoms. The first kappa shape index (κ1) is 16.9. The summed E-state index contributed by atoms with van der Waals surface area (Å²) in [5.41, 5.74) is 5.88. The molecular formula is C19H18FN3O2. The fourth-order valence-electron chi connectivity index (χ4n) is 2.38. The van der Waals surface area contributed by atoms with Gasteiger partial charge < -0.3 is 0 Å². The number of carbonyl (C=O) groups is 1. The van der Waals surface area contributed by atoms with Crippen LogP contribution < -0.4 is 5.48 Å². The Morgan fingerprint density at radius 3 is 2.48 bits per heavy atom. The van der Waals surface area contributed by atoms with Crippen LogP contribution in [0.15, 0.2) is 54.7 Å². The average Bonchev–Trinajstić information content (AvgIpc) is 3.06. The van der Waals surface area contributed by atoms with Crippen molar-refractivity contribution in [1.82, 2.24) is 15.3 Å². The van der Waals surface area contributed by atoms with Crippen LogP contribution in [0.3, 0.4) is 0 Å². The normalized spacial score (nSPS) is 10.7. The van der Waals surface area contributed by atoms with Crippen molar-refractivity contribution in [3.05, 3.63) is 71.7 Å². The Balaban J connectivity index is 2.05. The first-order valence-electron chi connectivity index (χ1n) is 7.93. The molecule has 0 saturated carbocycles. The van der Waals surface area contributed by atoms with Crippen molar-refractivity contribution in [2.45, 2.75) is 13.8 Å². The molecule has 6 heteroatoms. The van der Waals surface area contributed by atoms with Gasteiger partial charge in [-0.2, -0.15) is 5.10 Å². The number of nitrogens with zero attached hydrogens (tertiary/aromatic N) is 2. The van der Waals surface area contributed by atoms with Crippen molar-refractivity contribution in [2.75, 3.05) is 6.61 Å². The van der Waals surface area contributed by atoms with E-state index < -0.39 is 0 Å². The number of halogens is 1. The first-order valence-corrected chi connectivity index (χ1v) is 7.93. The molecule has 1 heterocycles. The van der Waals surface area contributed by atoms with Gasteiger partial charge in [0.05, 0.1) is 17.9 Å². The van der Waals surface area contributed by atoms with Gasteiger partial charge in [-0.15, -0.1) is 0 Å². The molecule has 3 aromatic rings. The molecule has 128 valence electrons. The van der Waals surface area contributed by atoms with Crippen molar-refractivity contribution in [3.8, 4) is 16.9 Å². The highest BCUT2D eigenvalue weighted by atomic mass is 19.1. The van der Waals surface area contributed by atoms with Crippen LogP contribution in [0.25, 0.3) is 16.9 Å². The van der Waals surface area contributed by atoms with Crippen LogP contribution in [0, 0.1) is 12.7 Å². The maximum atomic E-state index is 13.1. The van der Waals surface area contributed by atoms with E-state index in [1.54, 1.807) is 29.9 Å². The van der Waals surface area contributed by atoms with Crippen molar-refractivity contribution in [1.29, 1.82) is 0 Å². The second-order valence-electron chi connectivity index (χ2n) is 5.54. The van der Waals surface area contributed by atoms with Gasteiger partial charge in [0, 0.05) is 11.8 Å². The zero-order valence-electron chi connectivity index (χ0n) is 14.0.